The second-order valence-corrected chi connectivity index (χ2v) is 9.28. The zero-order valence-electron chi connectivity index (χ0n) is 20.5. The molecule has 2 N–H and O–H groups in total. The minimum Gasteiger partial charge on any atom is -0.442 e. The molecule has 2 aromatic carbocycles. The van der Waals surface area contributed by atoms with Crippen LogP contribution in [0.15, 0.2) is 59.6 Å². The highest BCUT2D eigenvalue weighted by Crippen LogP contribution is 2.29. The van der Waals surface area contributed by atoms with Gasteiger partial charge in [0.05, 0.1) is 30.0 Å². The second-order valence-electron chi connectivity index (χ2n) is 8.49. The van der Waals surface area contributed by atoms with E-state index in [1.807, 2.05) is 36.6 Å². The fraction of sp³-hybridized carbons (Fsp3) is 0.259. The third-order valence-electron chi connectivity index (χ3n) is 5.85. The van der Waals surface area contributed by atoms with E-state index in [1.165, 1.54) is 29.7 Å². The van der Waals surface area contributed by atoms with E-state index in [4.69, 9.17) is 10.00 Å². The molecule has 2 heterocycles. The lowest BCUT2D eigenvalue weighted by Crippen LogP contribution is -2.33. The van der Waals surface area contributed by atoms with Crippen LogP contribution in [-0.2, 0) is 22.6 Å². The number of hydrogen-bond acceptors (Lipinski definition) is 7. The zero-order valence-corrected chi connectivity index (χ0v) is 21.3. The van der Waals surface area contributed by atoms with Crippen molar-refractivity contribution in [2.75, 3.05) is 24.2 Å². The lowest BCUT2D eigenvalue weighted by atomic mass is 10.0. The smallest absolute Gasteiger partial charge is 0.414 e. The molecular weight excluding hydrogens is 493 g/mol. The van der Waals surface area contributed by atoms with E-state index in [-0.39, 0.29) is 19.0 Å². The number of nitrogens with zero attached hydrogens (tertiary/aromatic N) is 3. The van der Waals surface area contributed by atoms with Gasteiger partial charge in [-0.1, -0.05) is 24.3 Å². The number of carbonyl (C=O) groups excluding carboxylic acids is 2. The molecule has 3 aromatic rings. The number of halogens is 1. The molecule has 1 saturated heterocycles. The van der Waals surface area contributed by atoms with Crippen LogP contribution in [0.5, 0.6) is 0 Å². The van der Waals surface area contributed by atoms with Crippen molar-refractivity contribution < 1.29 is 18.7 Å². The van der Waals surface area contributed by atoms with Gasteiger partial charge in [0.15, 0.2) is 0 Å². The molecule has 1 aliphatic rings. The van der Waals surface area contributed by atoms with E-state index in [2.05, 4.69) is 21.7 Å². The number of ether oxygens (including phenoxy) is 1. The molecule has 0 saturated carbocycles. The Morgan fingerprint density at radius 1 is 1.22 bits per heavy atom. The molecule has 190 valence electrons. The van der Waals surface area contributed by atoms with Crippen LogP contribution in [0, 0.1) is 17.1 Å². The average Bonchev–Trinajstić information content (AvgIpc) is 3.28. The number of carbonyl (C=O) groups is 2. The number of aromatic nitrogens is 1. The Morgan fingerprint density at radius 2 is 2.00 bits per heavy atom. The van der Waals surface area contributed by atoms with E-state index in [9.17, 15) is 14.0 Å². The third-order valence-corrected chi connectivity index (χ3v) is 6.55. The van der Waals surface area contributed by atoms with Crippen molar-refractivity contribution in [2.45, 2.75) is 31.1 Å². The van der Waals surface area contributed by atoms with Crippen LogP contribution in [-0.4, -0.2) is 42.4 Å². The van der Waals surface area contributed by atoms with Gasteiger partial charge < -0.3 is 15.4 Å². The molecule has 0 aliphatic carbocycles. The summed E-state index contributed by atoms with van der Waals surface area (Å²) in [7, 11) is 0. The highest BCUT2D eigenvalue weighted by Gasteiger charge is 2.32. The molecule has 8 nitrogen and oxygen atoms in total. The molecule has 1 fully saturated rings. The fourth-order valence-corrected chi connectivity index (χ4v) is 4.50. The Kier molecular flexibility index (Phi) is 8.38. The van der Waals surface area contributed by atoms with Crippen LogP contribution >= 0.6 is 11.8 Å². The van der Waals surface area contributed by atoms with Crippen LogP contribution in [0.2, 0.25) is 0 Å². The summed E-state index contributed by atoms with van der Waals surface area (Å²) < 4.78 is 20.3. The number of amides is 2. The first kappa shape index (κ1) is 26.1. The second kappa shape index (κ2) is 11.9. The summed E-state index contributed by atoms with van der Waals surface area (Å²) in [6.45, 7) is 3.00. The molecule has 1 aromatic heterocycles. The Hall–Kier alpha value is -3.94. The van der Waals surface area contributed by atoms with Crippen molar-refractivity contribution in [2.24, 2.45) is 0 Å². The van der Waals surface area contributed by atoms with Crippen molar-refractivity contribution in [1.29, 1.82) is 5.26 Å². The summed E-state index contributed by atoms with van der Waals surface area (Å²) in [6.07, 6.45) is 0.838. The SMILES string of the molecule is CSc1nc(CNCc2ccc(-c3ccc(N4CC(CNC(C)=O)OC4=O)cc3F)cc2)ccc1C#N. The van der Waals surface area contributed by atoms with Crippen LogP contribution in [0.1, 0.15) is 23.7 Å². The van der Waals surface area contributed by atoms with Gasteiger partial charge >= 0.3 is 6.09 Å². The summed E-state index contributed by atoms with van der Waals surface area (Å²) in [5.74, 6) is -0.655. The molecule has 1 unspecified atom stereocenters. The van der Waals surface area contributed by atoms with Gasteiger partial charge in [0.25, 0.3) is 0 Å². The highest BCUT2D eigenvalue weighted by atomic mass is 32.2. The number of benzene rings is 2. The molecule has 4 rings (SSSR count). The number of pyridine rings is 1. The van der Waals surface area contributed by atoms with Crippen LogP contribution in [0.25, 0.3) is 11.1 Å². The zero-order chi connectivity index (χ0) is 26.4. The Labute approximate surface area is 218 Å². The number of thioether (sulfide) groups is 1. The number of nitrogens with one attached hydrogen (secondary N) is 2. The summed E-state index contributed by atoms with van der Waals surface area (Å²) in [5.41, 5.74) is 4.00. The van der Waals surface area contributed by atoms with Crippen molar-refractivity contribution in [3.63, 3.8) is 0 Å². The van der Waals surface area contributed by atoms with E-state index < -0.39 is 18.0 Å². The van der Waals surface area contributed by atoms with Gasteiger partial charge in [0, 0.05) is 25.6 Å². The molecule has 2 amide bonds. The lowest BCUT2D eigenvalue weighted by molar-refractivity contribution is -0.119. The quantitative estimate of drug-likeness (QED) is 0.408. The number of cyclic esters (lactones) is 1. The van der Waals surface area contributed by atoms with Gasteiger partial charge in [-0.05, 0) is 47.7 Å². The van der Waals surface area contributed by atoms with Gasteiger partial charge in [-0.2, -0.15) is 5.26 Å². The molecular formula is C27H26FN5O3S. The first-order valence-electron chi connectivity index (χ1n) is 11.6. The van der Waals surface area contributed by atoms with Crippen LogP contribution in [0.4, 0.5) is 14.9 Å². The topological polar surface area (TPSA) is 107 Å². The minimum atomic E-state index is -0.569. The monoisotopic (exact) mass is 519 g/mol. The van der Waals surface area contributed by atoms with Gasteiger partial charge in [0.1, 0.15) is 23.0 Å². The molecule has 37 heavy (non-hydrogen) atoms. The number of hydrogen-bond donors (Lipinski definition) is 2. The number of rotatable bonds is 9. The Bertz CT molecular complexity index is 1340. The first-order valence-corrected chi connectivity index (χ1v) is 12.9. The number of anilines is 1. The van der Waals surface area contributed by atoms with Gasteiger partial charge in [-0.3, -0.25) is 9.69 Å². The van der Waals surface area contributed by atoms with Gasteiger partial charge in [-0.15, -0.1) is 11.8 Å². The predicted octanol–water partition coefficient (Wildman–Crippen LogP) is 4.23. The Morgan fingerprint density at radius 3 is 2.68 bits per heavy atom. The van der Waals surface area contributed by atoms with Crippen LogP contribution < -0.4 is 15.5 Å². The van der Waals surface area contributed by atoms with E-state index in [1.54, 1.807) is 18.2 Å². The van der Waals surface area contributed by atoms with E-state index in [0.29, 0.717) is 34.9 Å². The predicted molar refractivity (Wildman–Crippen MR) is 139 cm³/mol. The molecule has 0 bridgehead atoms. The van der Waals surface area contributed by atoms with E-state index in [0.717, 1.165) is 16.8 Å². The third kappa shape index (κ3) is 6.44. The molecule has 1 aliphatic heterocycles. The summed E-state index contributed by atoms with van der Waals surface area (Å²) >= 11 is 1.44. The maximum absolute atomic E-state index is 15.0. The fourth-order valence-electron chi connectivity index (χ4n) is 3.96. The van der Waals surface area contributed by atoms with Crippen molar-refractivity contribution in [3.05, 3.63) is 77.2 Å². The summed E-state index contributed by atoms with van der Waals surface area (Å²) in [6, 6.07) is 18.0. The van der Waals surface area contributed by atoms with Crippen molar-refractivity contribution >= 4 is 29.4 Å². The summed E-state index contributed by atoms with van der Waals surface area (Å²) in [4.78, 5) is 29.2. The normalized spacial score (nSPS) is 14.8. The summed E-state index contributed by atoms with van der Waals surface area (Å²) in [5, 5.41) is 15.8. The standard InChI is InChI=1S/C27H26FN5O3S/c1-17(34)31-15-23-16-33(27(35)36-23)22-9-10-24(25(28)11-22)19-5-3-18(4-6-19)13-30-14-21-8-7-20(12-29)26(32-21)37-2/h3-11,23,30H,13-16H2,1-2H3,(H,31,34). The van der Waals surface area contributed by atoms with Gasteiger partial charge in [0.2, 0.25) is 5.91 Å². The largest absolute Gasteiger partial charge is 0.442 e. The molecule has 0 spiro atoms. The Balaban J connectivity index is 1.36. The van der Waals surface area contributed by atoms with Crippen LogP contribution in [0.3, 0.4) is 0 Å². The first-order chi connectivity index (χ1) is 17.9. The maximum atomic E-state index is 15.0. The van der Waals surface area contributed by atoms with Crippen molar-refractivity contribution in [3.8, 4) is 17.2 Å². The average molecular weight is 520 g/mol. The lowest BCUT2D eigenvalue weighted by Gasteiger charge is -2.15. The van der Waals surface area contributed by atoms with E-state index >= 15 is 0 Å². The van der Waals surface area contributed by atoms with Gasteiger partial charge in [-0.25, -0.2) is 14.2 Å². The molecule has 0 radical (unpaired) electrons. The molecule has 1 atom stereocenters. The highest BCUT2D eigenvalue weighted by molar-refractivity contribution is 7.98. The minimum absolute atomic E-state index is 0.209. The number of nitriles is 1. The molecule has 10 heteroatoms. The maximum Gasteiger partial charge on any atom is 0.414 e. The van der Waals surface area contributed by atoms with Crippen molar-refractivity contribution in [1.82, 2.24) is 15.6 Å².